The number of nitrogens with one attached hydrogen (secondary N) is 1. The Hall–Kier alpha value is -3.04. The summed E-state index contributed by atoms with van der Waals surface area (Å²) >= 11 is 0. The van der Waals surface area contributed by atoms with Crippen LogP contribution < -0.4 is 5.56 Å². The third kappa shape index (κ3) is 3.64. The molecule has 1 unspecified atom stereocenters. The molecular formula is C17H15FN4O8S. The molecule has 0 saturated carbocycles. The fraction of sp³-hybridized carbons (Fsp3) is 0.294. The number of H-pyrrole nitrogens is 1. The van der Waals surface area contributed by atoms with Gasteiger partial charge in [0.2, 0.25) is 0 Å². The van der Waals surface area contributed by atoms with Crippen molar-refractivity contribution in [1.82, 2.24) is 19.5 Å². The van der Waals surface area contributed by atoms with Crippen molar-refractivity contribution in [3.8, 4) is 0 Å². The smallest absolute Gasteiger partial charge is 0.332 e. The molecule has 14 heteroatoms. The van der Waals surface area contributed by atoms with E-state index in [4.69, 9.17) is 4.74 Å². The fourth-order valence-electron chi connectivity index (χ4n) is 3.33. The Morgan fingerprint density at radius 1 is 1.19 bits per heavy atom. The number of aliphatic hydroxyl groups is 3. The van der Waals surface area contributed by atoms with E-state index < -0.39 is 57.1 Å². The third-order valence-corrected chi connectivity index (χ3v) is 5.75. The molecule has 12 nitrogen and oxygen atoms in total. The molecular weight excluding hydrogens is 439 g/mol. The number of halogens is 1. The number of fused-ring (bicyclic) bond motifs is 1. The maximum atomic E-state index is 13.0. The molecule has 0 radical (unpaired) electrons. The number of carbonyl (C=O) groups is 1. The van der Waals surface area contributed by atoms with Crippen LogP contribution in [0.1, 0.15) is 16.6 Å². The normalized spacial score (nSPS) is 25.0. The molecule has 1 aromatic carbocycles. The largest absolute Gasteiger partial charge is 0.387 e. The molecule has 4 rings (SSSR count). The highest BCUT2D eigenvalue weighted by atomic mass is 32.3. The third-order valence-electron chi connectivity index (χ3n) is 4.91. The van der Waals surface area contributed by atoms with Gasteiger partial charge < -0.3 is 25.0 Å². The van der Waals surface area contributed by atoms with Gasteiger partial charge in [0.15, 0.2) is 23.2 Å². The van der Waals surface area contributed by atoms with E-state index in [9.17, 15) is 37.2 Å². The molecule has 0 spiro atoms. The first-order chi connectivity index (χ1) is 14.6. The molecule has 4 N–H and O–H groups in total. The number of hydrogen-bond acceptors (Lipinski definition) is 10. The van der Waals surface area contributed by atoms with E-state index in [0.29, 0.717) is 0 Å². The zero-order valence-electron chi connectivity index (χ0n) is 15.4. The van der Waals surface area contributed by atoms with Gasteiger partial charge in [0.1, 0.15) is 24.4 Å². The van der Waals surface area contributed by atoms with Gasteiger partial charge in [0.25, 0.3) is 5.56 Å². The van der Waals surface area contributed by atoms with E-state index in [1.165, 1.54) is 4.57 Å². The summed E-state index contributed by atoms with van der Waals surface area (Å²) in [6, 6.07) is 3.68. The molecule has 0 bridgehead atoms. The first kappa shape index (κ1) is 21.2. The molecule has 0 amide bonds. The van der Waals surface area contributed by atoms with Gasteiger partial charge in [0, 0.05) is 5.56 Å². The molecule has 0 aliphatic carbocycles. The summed E-state index contributed by atoms with van der Waals surface area (Å²) in [5.41, 5.74) is -0.711. The number of aliphatic hydroxyl groups excluding tert-OH is 3. The monoisotopic (exact) mass is 454 g/mol. The lowest BCUT2D eigenvalue weighted by atomic mass is 9.98. The summed E-state index contributed by atoms with van der Waals surface area (Å²) in [4.78, 5) is 33.8. The number of rotatable bonds is 5. The van der Waals surface area contributed by atoms with Crippen molar-refractivity contribution >= 4 is 27.2 Å². The van der Waals surface area contributed by atoms with Crippen molar-refractivity contribution in [1.29, 1.82) is 0 Å². The van der Waals surface area contributed by atoms with Crippen LogP contribution in [-0.2, 0) is 15.0 Å². The van der Waals surface area contributed by atoms with Crippen LogP contribution in [0.2, 0.25) is 0 Å². The molecule has 1 fully saturated rings. The van der Waals surface area contributed by atoms with E-state index in [1.54, 1.807) is 0 Å². The Balaban J connectivity index is 1.59. The summed E-state index contributed by atoms with van der Waals surface area (Å²) in [5.74, 6) is -0.954. The van der Waals surface area contributed by atoms with E-state index in [-0.39, 0.29) is 16.7 Å². The molecule has 164 valence electrons. The van der Waals surface area contributed by atoms with E-state index in [1.807, 2.05) is 0 Å². The van der Waals surface area contributed by atoms with E-state index >= 15 is 0 Å². The molecule has 31 heavy (non-hydrogen) atoms. The first-order valence-corrected chi connectivity index (χ1v) is 10.2. The standard InChI is InChI=1S/C17H15FN4O8S/c18-31(28,29)8-3-1-7(2-4-8)10(23)11(24)14-12(25)13(26)17(30-14)22-6-21-9-15(22)19-5-20-16(9)27/h1-6,11-14,17,24-26H,(H,19,20,27)/t11?,12-,13+,14+,17+/m0/s1. The van der Waals surface area contributed by atoms with E-state index in [2.05, 4.69) is 15.0 Å². The highest BCUT2D eigenvalue weighted by molar-refractivity contribution is 7.86. The molecule has 2 aromatic heterocycles. The van der Waals surface area contributed by atoms with Crippen molar-refractivity contribution in [2.45, 2.75) is 35.5 Å². The van der Waals surface area contributed by atoms with Crippen LogP contribution in [0.3, 0.4) is 0 Å². The van der Waals surface area contributed by atoms with Crippen LogP contribution in [-0.4, -0.2) is 73.5 Å². The number of hydrogen-bond donors (Lipinski definition) is 4. The zero-order valence-corrected chi connectivity index (χ0v) is 16.2. The number of imidazole rings is 1. The number of Topliss-reactive ketones (excluding diaryl/α,β-unsaturated/α-hetero) is 1. The first-order valence-electron chi connectivity index (χ1n) is 8.78. The van der Waals surface area contributed by atoms with Gasteiger partial charge >= 0.3 is 10.2 Å². The Morgan fingerprint density at radius 3 is 2.52 bits per heavy atom. The quantitative estimate of drug-likeness (QED) is 0.265. The average Bonchev–Trinajstić information content (AvgIpc) is 3.29. The van der Waals surface area contributed by atoms with Gasteiger partial charge in [-0.15, -0.1) is 3.89 Å². The summed E-state index contributed by atoms with van der Waals surface area (Å²) in [7, 11) is -4.96. The number of nitrogens with zero attached hydrogens (tertiary/aromatic N) is 3. The van der Waals surface area contributed by atoms with Gasteiger partial charge in [-0.1, -0.05) is 0 Å². The summed E-state index contributed by atoms with van der Waals surface area (Å²) < 4.78 is 41.4. The zero-order chi connectivity index (χ0) is 22.5. The number of benzene rings is 1. The van der Waals surface area contributed by atoms with Crippen LogP contribution in [0, 0.1) is 0 Å². The predicted molar refractivity (Wildman–Crippen MR) is 99.1 cm³/mol. The van der Waals surface area contributed by atoms with Crippen molar-refractivity contribution in [2.75, 3.05) is 0 Å². The second-order valence-corrected chi connectivity index (χ2v) is 8.15. The summed E-state index contributed by atoms with van der Waals surface area (Å²) in [6.45, 7) is 0. The van der Waals surface area contributed by atoms with Crippen LogP contribution in [0.25, 0.3) is 11.2 Å². The highest BCUT2D eigenvalue weighted by Crippen LogP contribution is 2.33. The molecule has 1 saturated heterocycles. The van der Waals surface area contributed by atoms with Crippen molar-refractivity contribution in [2.24, 2.45) is 0 Å². The predicted octanol–water partition coefficient (Wildman–Crippen LogP) is -1.36. The second kappa shape index (κ2) is 7.58. The second-order valence-electron chi connectivity index (χ2n) is 6.80. The molecule has 3 heterocycles. The van der Waals surface area contributed by atoms with E-state index in [0.717, 1.165) is 36.9 Å². The van der Waals surface area contributed by atoms with Crippen molar-refractivity contribution in [3.63, 3.8) is 0 Å². The van der Waals surface area contributed by atoms with Crippen LogP contribution in [0.5, 0.6) is 0 Å². The summed E-state index contributed by atoms with van der Waals surface area (Å²) in [5, 5.41) is 31.1. The Morgan fingerprint density at radius 2 is 1.87 bits per heavy atom. The van der Waals surface area contributed by atoms with Gasteiger partial charge in [0.05, 0.1) is 17.6 Å². The lowest BCUT2D eigenvalue weighted by molar-refractivity contribution is -0.0725. The van der Waals surface area contributed by atoms with Gasteiger partial charge in [-0.05, 0) is 24.3 Å². The number of carbonyl (C=O) groups excluding carboxylic acids is 1. The van der Waals surface area contributed by atoms with Crippen LogP contribution in [0.15, 0.2) is 46.6 Å². The highest BCUT2D eigenvalue weighted by Gasteiger charge is 2.49. The summed E-state index contributed by atoms with van der Waals surface area (Å²) in [6.07, 6.45) is -5.89. The molecule has 1 aliphatic rings. The topological polar surface area (TPSA) is 185 Å². The van der Waals surface area contributed by atoms with Crippen LogP contribution >= 0.6 is 0 Å². The van der Waals surface area contributed by atoms with Gasteiger partial charge in [-0.2, -0.15) is 8.42 Å². The van der Waals surface area contributed by atoms with Crippen molar-refractivity contribution < 1.29 is 37.2 Å². The molecule has 1 aliphatic heterocycles. The van der Waals surface area contributed by atoms with Crippen LogP contribution in [0.4, 0.5) is 3.89 Å². The minimum absolute atomic E-state index is 0.0456. The van der Waals surface area contributed by atoms with Gasteiger partial charge in [-0.25, -0.2) is 9.97 Å². The lowest BCUT2D eigenvalue weighted by Gasteiger charge is -2.20. The Labute approximate surface area is 172 Å². The molecule has 5 atom stereocenters. The Bertz CT molecular complexity index is 1310. The number of aromatic amines is 1. The lowest BCUT2D eigenvalue weighted by Crippen LogP contribution is -2.42. The maximum Gasteiger partial charge on any atom is 0.332 e. The minimum Gasteiger partial charge on any atom is -0.387 e. The van der Waals surface area contributed by atoms with Crippen molar-refractivity contribution in [3.05, 3.63) is 52.8 Å². The van der Waals surface area contributed by atoms with Gasteiger partial charge in [-0.3, -0.25) is 14.2 Å². The maximum absolute atomic E-state index is 13.0. The Kier molecular flexibility index (Phi) is 5.18. The number of aromatic nitrogens is 4. The fourth-order valence-corrected chi connectivity index (χ4v) is 3.79. The minimum atomic E-state index is -4.96. The SMILES string of the molecule is O=C(c1ccc(S(=O)(=O)F)cc1)C(O)[C@H]1O[C@@H](n2cnc3c(=O)[nH]cnc32)[C@H](O)[C@@H]1O. The number of ketones is 1. The molecule has 3 aromatic rings. The number of ether oxygens (including phenoxy) is 1. The average molecular weight is 454 g/mol.